The molecular formula is C12H12N4O. The third-order valence-corrected chi connectivity index (χ3v) is 2.38. The number of hydrogen-bond donors (Lipinski definition) is 3. The quantitative estimate of drug-likeness (QED) is 0.681. The van der Waals surface area contributed by atoms with Crippen molar-refractivity contribution in [1.29, 1.82) is 0 Å². The summed E-state index contributed by atoms with van der Waals surface area (Å²) in [6.45, 7) is 0. The maximum atomic E-state index is 11.6. The average Bonchev–Trinajstić information content (AvgIpc) is 2.76. The highest BCUT2D eigenvalue weighted by molar-refractivity contribution is 5.96. The first-order valence-corrected chi connectivity index (χ1v) is 5.14. The number of aromatic nitrogens is 2. The van der Waals surface area contributed by atoms with Gasteiger partial charge in [0.25, 0.3) is 0 Å². The predicted octanol–water partition coefficient (Wildman–Crippen LogP) is 0.852. The van der Waals surface area contributed by atoms with Crippen LogP contribution >= 0.6 is 0 Å². The topological polar surface area (TPSA) is 83.8 Å². The Bertz CT molecular complexity index is 581. The summed E-state index contributed by atoms with van der Waals surface area (Å²) in [6.07, 6.45) is 7.01. The zero-order valence-corrected chi connectivity index (χ0v) is 9.10. The van der Waals surface area contributed by atoms with E-state index in [1.54, 1.807) is 12.3 Å². The van der Waals surface area contributed by atoms with Crippen molar-refractivity contribution in [3.8, 4) is 12.3 Å². The Balaban J connectivity index is 2.13. The van der Waals surface area contributed by atoms with Crippen LogP contribution in [0.25, 0.3) is 10.9 Å². The van der Waals surface area contributed by atoms with Crippen LogP contribution in [0.4, 0.5) is 5.69 Å². The molecule has 0 saturated carbocycles. The molecule has 0 aliphatic rings. The van der Waals surface area contributed by atoms with Crippen molar-refractivity contribution in [3.05, 3.63) is 24.4 Å². The second-order valence-corrected chi connectivity index (χ2v) is 3.68. The molecule has 0 spiro atoms. The molecule has 0 aliphatic heterocycles. The van der Waals surface area contributed by atoms with Gasteiger partial charge in [0.15, 0.2) is 0 Å². The number of benzene rings is 1. The number of amides is 1. The van der Waals surface area contributed by atoms with Gasteiger partial charge in [0.1, 0.15) is 0 Å². The van der Waals surface area contributed by atoms with Crippen LogP contribution in [0.3, 0.4) is 0 Å². The SMILES string of the molecule is C#CCC(N)C(=O)Nc1ccc2[nH]ncc2c1. The van der Waals surface area contributed by atoms with Crippen LogP contribution in [0.15, 0.2) is 24.4 Å². The van der Waals surface area contributed by atoms with Gasteiger partial charge in [-0.2, -0.15) is 5.10 Å². The summed E-state index contributed by atoms with van der Waals surface area (Å²) in [5.74, 6) is 2.07. The summed E-state index contributed by atoms with van der Waals surface area (Å²) in [5, 5.41) is 10.4. The number of hydrogen-bond acceptors (Lipinski definition) is 3. The van der Waals surface area contributed by atoms with Crippen molar-refractivity contribution in [2.75, 3.05) is 5.32 Å². The molecule has 5 heteroatoms. The fourth-order valence-corrected chi connectivity index (χ4v) is 1.48. The zero-order valence-electron chi connectivity index (χ0n) is 9.10. The lowest BCUT2D eigenvalue weighted by Gasteiger charge is -2.09. The van der Waals surface area contributed by atoms with E-state index in [2.05, 4.69) is 21.4 Å². The molecule has 0 saturated heterocycles. The summed E-state index contributed by atoms with van der Waals surface area (Å²) in [5.41, 5.74) is 7.19. The molecule has 0 fully saturated rings. The highest BCUT2D eigenvalue weighted by atomic mass is 16.2. The van der Waals surface area contributed by atoms with E-state index in [1.165, 1.54) is 0 Å². The molecule has 4 N–H and O–H groups in total. The van der Waals surface area contributed by atoms with E-state index in [-0.39, 0.29) is 12.3 Å². The third-order valence-electron chi connectivity index (χ3n) is 2.38. The minimum atomic E-state index is -0.681. The van der Waals surface area contributed by atoms with Crippen molar-refractivity contribution in [2.45, 2.75) is 12.5 Å². The van der Waals surface area contributed by atoms with Crippen molar-refractivity contribution in [3.63, 3.8) is 0 Å². The summed E-state index contributed by atoms with van der Waals surface area (Å²) in [7, 11) is 0. The number of nitrogens with two attached hydrogens (primary N) is 1. The molecule has 1 aromatic carbocycles. The highest BCUT2D eigenvalue weighted by Crippen LogP contribution is 2.16. The van der Waals surface area contributed by atoms with Gasteiger partial charge in [0, 0.05) is 17.5 Å². The van der Waals surface area contributed by atoms with Crippen molar-refractivity contribution in [1.82, 2.24) is 10.2 Å². The number of anilines is 1. The third kappa shape index (κ3) is 2.44. The molecule has 2 aromatic rings. The summed E-state index contributed by atoms with van der Waals surface area (Å²) >= 11 is 0. The van der Waals surface area contributed by atoms with Gasteiger partial charge in [0.05, 0.1) is 17.8 Å². The Morgan fingerprint density at radius 2 is 2.47 bits per heavy atom. The maximum Gasteiger partial charge on any atom is 0.242 e. The van der Waals surface area contributed by atoms with Gasteiger partial charge in [-0.25, -0.2) is 0 Å². The van der Waals surface area contributed by atoms with Crippen LogP contribution in [0.1, 0.15) is 6.42 Å². The van der Waals surface area contributed by atoms with Gasteiger partial charge in [0.2, 0.25) is 5.91 Å². The fraction of sp³-hybridized carbons (Fsp3) is 0.167. The Labute approximate surface area is 98.4 Å². The molecule has 0 radical (unpaired) electrons. The molecule has 1 aromatic heterocycles. The summed E-state index contributed by atoms with van der Waals surface area (Å²) in [6, 6.07) is 4.75. The van der Waals surface area contributed by atoms with E-state index >= 15 is 0 Å². The van der Waals surface area contributed by atoms with E-state index in [0.717, 1.165) is 10.9 Å². The first-order chi connectivity index (χ1) is 8.20. The molecule has 1 amide bonds. The first-order valence-electron chi connectivity index (χ1n) is 5.14. The van der Waals surface area contributed by atoms with E-state index in [0.29, 0.717) is 5.69 Å². The van der Waals surface area contributed by atoms with Crippen LogP contribution in [0, 0.1) is 12.3 Å². The Kier molecular flexibility index (Phi) is 3.08. The van der Waals surface area contributed by atoms with E-state index in [9.17, 15) is 4.79 Å². The van der Waals surface area contributed by atoms with Gasteiger partial charge in [-0.15, -0.1) is 12.3 Å². The number of nitrogens with zero attached hydrogens (tertiary/aromatic N) is 1. The Morgan fingerprint density at radius 1 is 1.65 bits per heavy atom. The Morgan fingerprint density at radius 3 is 3.24 bits per heavy atom. The number of fused-ring (bicyclic) bond motifs is 1. The Hall–Kier alpha value is -2.32. The van der Waals surface area contributed by atoms with Crippen molar-refractivity contribution < 1.29 is 4.79 Å². The van der Waals surface area contributed by atoms with Crippen molar-refractivity contribution in [2.24, 2.45) is 5.73 Å². The number of nitrogens with one attached hydrogen (secondary N) is 2. The standard InChI is InChI=1S/C12H12N4O/c1-2-3-10(13)12(17)15-9-4-5-11-8(6-9)7-14-16-11/h1,4-7,10H,3,13H2,(H,14,16)(H,15,17). The van der Waals surface area contributed by atoms with Crippen LogP contribution in [-0.4, -0.2) is 22.1 Å². The summed E-state index contributed by atoms with van der Waals surface area (Å²) < 4.78 is 0. The van der Waals surface area contributed by atoms with Gasteiger partial charge in [-0.1, -0.05) is 0 Å². The normalized spacial score (nSPS) is 12.0. The largest absolute Gasteiger partial charge is 0.325 e. The number of terminal acetylenes is 1. The fourth-order valence-electron chi connectivity index (χ4n) is 1.48. The number of carbonyl (C=O) groups excluding carboxylic acids is 1. The van der Waals surface area contributed by atoms with Gasteiger partial charge in [-0.05, 0) is 18.2 Å². The van der Waals surface area contributed by atoms with Crippen LogP contribution < -0.4 is 11.1 Å². The van der Waals surface area contributed by atoms with Gasteiger partial charge >= 0.3 is 0 Å². The molecule has 0 aliphatic carbocycles. The minimum absolute atomic E-state index is 0.222. The number of carbonyl (C=O) groups is 1. The van der Waals surface area contributed by atoms with Crippen LogP contribution in [0.5, 0.6) is 0 Å². The van der Waals surface area contributed by atoms with Crippen LogP contribution in [-0.2, 0) is 4.79 Å². The molecule has 1 unspecified atom stereocenters. The number of aromatic amines is 1. The van der Waals surface area contributed by atoms with Gasteiger partial charge < -0.3 is 11.1 Å². The minimum Gasteiger partial charge on any atom is -0.325 e. The molecule has 86 valence electrons. The monoisotopic (exact) mass is 228 g/mol. The molecule has 5 nitrogen and oxygen atoms in total. The highest BCUT2D eigenvalue weighted by Gasteiger charge is 2.12. The second-order valence-electron chi connectivity index (χ2n) is 3.68. The molecule has 1 heterocycles. The lowest BCUT2D eigenvalue weighted by Crippen LogP contribution is -2.35. The van der Waals surface area contributed by atoms with E-state index in [1.807, 2.05) is 12.1 Å². The summed E-state index contributed by atoms with van der Waals surface area (Å²) in [4.78, 5) is 11.6. The number of H-pyrrole nitrogens is 1. The lowest BCUT2D eigenvalue weighted by molar-refractivity contribution is -0.117. The molecule has 0 bridgehead atoms. The molecule has 2 rings (SSSR count). The van der Waals surface area contributed by atoms with E-state index in [4.69, 9.17) is 12.2 Å². The lowest BCUT2D eigenvalue weighted by atomic mass is 10.2. The predicted molar refractivity (Wildman–Crippen MR) is 66.1 cm³/mol. The molecule has 1 atom stereocenters. The first kappa shape index (κ1) is 11.2. The maximum absolute atomic E-state index is 11.6. The zero-order chi connectivity index (χ0) is 12.3. The average molecular weight is 228 g/mol. The second kappa shape index (κ2) is 4.68. The van der Waals surface area contributed by atoms with Gasteiger partial charge in [-0.3, -0.25) is 9.89 Å². The smallest absolute Gasteiger partial charge is 0.242 e. The number of rotatable bonds is 3. The van der Waals surface area contributed by atoms with Crippen molar-refractivity contribution >= 4 is 22.5 Å². The van der Waals surface area contributed by atoms with E-state index < -0.39 is 6.04 Å². The molecule has 17 heavy (non-hydrogen) atoms. The molecular weight excluding hydrogens is 216 g/mol. The van der Waals surface area contributed by atoms with Crippen LogP contribution in [0.2, 0.25) is 0 Å².